The minimum absolute atomic E-state index is 0.248. The summed E-state index contributed by atoms with van der Waals surface area (Å²) in [6.07, 6.45) is 5.88. The molecule has 0 heterocycles. The van der Waals surface area contributed by atoms with Gasteiger partial charge in [0.1, 0.15) is 0 Å². The first-order chi connectivity index (χ1) is 6.69. The second-order valence-electron chi connectivity index (χ2n) is 4.66. The van der Waals surface area contributed by atoms with E-state index in [4.69, 9.17) is 0 Å². The summed E-state index contributed by atoms with van der Waals surface area (Å²) in [5.41, 5.74) is 0. The average molecular weight is 197 g/mol. The zero-order valence-corrected chi connectivity index (χ0v) is 9.68. The minimum Gasteiger partial charge on any atom is -0.359 e. The molecule has 82 valence electrons. The van der Waals surface area contributed by atoms with Crippen molar-refractivity contribution in [1.82, 2.24) is 5.32 Å². The summed E-state index contributed by atoms with van der Waals surface area (Å²) in [5, 5.41) is 2.78. The molecule has 0 aromatic rings. The molecule has 0 radical (unpaired) electrons. The summed E-state index contributed by atoms with van der Waals surface area (Å²) >= 11 is 0. The fourth-order valence-electron chi connectivity index (χ4n) is 2.10. The minimum atomic E-state index is 0.248. The van der Waals surface area contributed by atoms with Gasteiger partial charge >= 0.3 is 0 Å². The molecule has 0 aromatic heterocycles. The van der Waals surface area contributed by atoms with E-state index in [0.29, 0.717) is 0 Å². The summed E-state index contributed by atoms with van der Waals surface area (Å²) in [5.74, 6) is 2.21. The van der Waals surface area contributed by atoms with E-state index in [-0.39, 0.29) is 11.8 Å². The summed E-state index contributed by atoms with van der Waals surface area (Å²) in [6, 6.07) is 0. The maximum Gasteiger partial charge on any atom is 0.222 e. The van der Waals surface area contributed by atoms with Crippen molar-refractivity contribution in [3.63, 3.8) is 0 Å². The van der Waals surface area contributed by atoms with Crippen LogP contribution in [0.5, 0.6) is 0 Å². The van der Waals surface area contributed by atoms with Gasteiger partial charge in [-0.2, -0.15) is 0 Å². The van der Waals surface area contributed by atoms with Crippen molar-refractivity contribution >= 4 is 5.91 Å². The van der Waals surface area contributed by atoms with Crippen LogP contribution in [0.4, 0.5) is 0 Å². The molecule has 0 saturated heterocycles. The van der Waals surface area contributed by atoms with Crippen LogP contribution >= 0.6 is 0 Å². The zero-order chi connectivity index (χ0) is 10.6. The number of carbonyl (C=O) groups excluding carboxylic acids is 1. The molecule has 2 heteroatoms. The van der Waals surface area contributed by atoms with E-state index in [2.05, 4.69) is 19.2 Å². The van der Waals surface area contributed by atoms with Crippen LogP contribution in [0.15, 0.2) is 0 Å². The number of unbranched alkanes of at least 4 members (excludes halogenated alkanes) is 1. The molecule has 1 amide bonds. The quantitative estimate of drug-likeness (QED) is 0.696. The Balaban J connectivity index is 2.31. The Kier molecular flexibility index (Phi) is 4.43. The lowest BCUT2D eigenvalue weighted by molar-refractivity contribution is -0.125. The summed E-state index contributed by atoms with van der Waals surface area (Å²) in [4.78, 5) is 11.6. The molecule has 3 atom stereocenters. The molecule has 0 aromatic carbocycles. The first kappa shape index (κ1) is 11.5. The Morgan fingerprint density at radius 3 is 2.64 bits per heavy atom. The van der Waals surface area contributed by atoms with Crippen LogP contribution in [-0.4, -0.2) is 13.0 Å². The van der Waals surface area contributed by atoms with E-state index in [1.807, 2.05) is 0 Å². The van der Waals surface area contributed by atoms with E-state index in [9.17, 15) is 4.79 Å². The molecule has 1 rings (SSSR count). The van der Waals surface area contributed by atoms with Gasteiger partial charge in [-0.15, -0.1) is 0 Å². The Bertz CT molecular complexity index is 191. The summed E-state index contributed by atoms with van der Waals surface area (Å²) in [7, 11) is 1.75. The average Bonchev–Trinajstić information content (AvgIpc) is 2.87. The molecule has 1 N–H and O–H groups in total. The Morgan fingerprint density at radius 1 is 1.57 bits per heavy atom. The van der Waals surface area contributed by atoms with Crippen LogP contribution in [0.25, 0.3) is 0 Å². The van der Waals surface area contributed by atoms with Gasteiger partial charge in [-0.25, -0.2) is 0 Å². The number of amides is 1. The van der Waals surface area contributed by atoms with Crippen LogP contribution in [0.3, 0.4) is 0 Å². The van der Waals surface area contributed by atoms with Crippen LogP contribution in [0.2, 0.25) is 0 Å². The SMILES string of the molecule is CCCCC(CC1CC1C)C(=O)NC. The van der Waals surface area contributed by atoms with Crippen LogP contribution in [0, 0.1) is 17.8 Å². The van der Waals surface area contributed by atoms with Gasteiger partial charge in [0.2, 0.25) is 5.91 Å². The van der Waals surface area contributed by atoms with E-state index in [0.717, 1.165) is 24.7 Å². The Labute approximate surface area is 87.5 Å². The molecule has 1 fully saturated rings. The molecule has 14 heavy (non-hydrogen) atoms. The molecular weight excluding hydrogens is 174 g/mol. The standard InChI is InChI=1S/C12H23NO/c1-4-5-6-10(12(14)13-3)8-11-7-9(11)2/h9-11H,4-8H2,1-3H3,(H,13,14). The number of rotatable bonds is 6. The maximum absolute atomic E-state index is 11.6. The lowest BCUT2D eigenvalue weighted by Gasteiger charge is -2.14. The Morgan fingerprint density at radius 2 is 2.21 bits per heavy atom. The first-order valence-electron chi connectivity index (χ1n) is 5.90. The van der Waals surface area contributed by atoms with Gasteiger partial charge in [0, 0.05) is 13.0 Å². The van der Waals surface area contributed by atoms with E-state index in [1.165, 1.54) is 19.3 Å². The lowest BCUT2D eigenvalue weighted by atomic mass is 9.94. The monoisotopic (exact) mass is 197 g/mol. The van der Waals surface area contributed by atoms with Crippen LogP contribution in [-0.2, 0) is 4.79 Å². The second kappa shape index (κ2) is 5.38. The topological polar surface area (TPSA) is 29.1 Å². The van der Waals surface area contributed by atoms with Gasteiger partial charge in [-0.1, -0.05) is 26.7 Å². The molecule has 0 spiro atoms. The predicted molar refractivity (Wildman–Crippen MR) is 59.0 cm³/mol. The molecule has 0 bridgehead atoms. The normalized spacial score (nSPS) is 27.1. The summed E-state index contributed by atoms with van der Waals surface area (Å²) < 4.78 is 0. The van der Waals surface area contributed by atoms with Gasteiger partial charge in [-0.3, -0.25) is 4.79 Å². The van der Waals surface area contributed by atoms with Crippen molar-refractivity contribution in [2.75, 3.05) is 7.05 Å². The van der Waals surface area contributed by atoms with Crippen LogP contribution in [0.1, 0.15) is 46.0 Å². The van der Waals surface area contributed by atoms with Crippen molar-refractivity contribution in [2.45, 2.75) is 46.0 Å². The highest BCUT2D eigenvalue weighted by Gasteiger charge is 2.35. The number of carbonyl (C=O) groups is 1. The van der Waals surface area contributed by atoms with Gasteiger partial charge < -0.3 is 5.32 Å². The zero-order valence-electron chi connectivity index (χ0n) is 9.68. The highest BCUT2D eigenvalue weighted by molar-refractivity contribution is 5.78. The van der Waals surface area contributed by atoms with Crippen molar-refractivity contribution in [3.8, 4) is 0 Å². The van der Waals surface area contributed by atoms with E-state index < -0.39 is 0 Å². The first-order valence-corrected chi connectivity index (χ1v) is 5.90. The van der Waals surface area contributed by atoms with E-state index >= 15 is 0 Å². The van der Waals surface area contributed by atoms with Gasteiger partial charge in [0.25, 0.3) is 0 Å². The fourth-order valence-corrected chi connectivity index (χ4v) is 2.10. The molecule has 1 aliphatic rings. The van der Waals surface area contributed by atoms with Crippen molar-refractivity contribution in [2.24, 2.45) is 17.8 Å². The molecule has 1 saturated carbocycles. The third-order valence-corrected chi connectivity index (χ3v) is 3.39. The number of hydrogen-bond donors (Lipinski definition) is 1. The van der Waals surface area contributed by atoms with E-state index in [1.54, 1.807) is 7.05 Å². The highest BCUT2D eigenvalue weighted by Crippen LogP contribution is 2.43. The third kappa shape index (κ3) is 3.32. The molecule has 2 nitrogen and oxygen atoms in total. The molecule has 3 unspecified atom stereocenters. The third-order valence-electron chi connectivity index (χ3n) is 3.39. The van der Waals surface area contributed by atoms with Gasteiger partial charge in [0.05, 0.1) is 0 Å². The lowest BCUT2D eigenvalue weighted by Crippen LogP contribution is -2.27. The largest absolute Gasteiger partial charge is 0.359 e. The van der Waals surface area contributed by atoms with Crippen molar-refractivity contribution in [1.29, 1.82) is 0 Å². The predicted octanol–water partition coefficient (Wildman–Crippen LogP) is 2.58. The Hall–Kier alpha value is -0.530. The smallest absolute Gasteiger partial charge is 0.222 e. The maximum atomic E-state index is 11.6. The molecule has 0 aliphatic heterocycles. The van der Waals surface area contributed by atoms with Crippen LogP contribution < -0.4 is 5.32 Å². The fraction of sp³-hybridized carbons (Fsp3) is 0.917. The molecule has 1 aliphatic carbocycles. The molecular formula is C12H23NO. The second-order valence-corrected chi connectivity index (χ2v) is 4.66. The number of hydrogen-bond acceptors (Lipinski definition) is 1. The number of nitrogens with one attached hydrogen (secondary N) is 1. The van der Waals surface area contributed by atoms with Crippen molar-refractivity contribution in [3.05, 3.63) is 0 Å². The summed E-state index contributed by atoms with van der Waals surface area (Å²) in [6.45, 7) is 4.46. The van der Waals surface area contributed by atoms with Gasteiger partial charge in [-0.05, 0) is 31.1 Å². The van der Waals surface area contributed by atoms with Gasteiger partial charge in [0.15, 0.2) is 0 Å². The van der Waals surface area contributed by atoms with Crippen molar-refractivity contribution < 1.29 is 4.79 Å². The highest BCUT2D eigenvalue weighted by atomic mass is 16.1.